The summed E-state index contributed by atoms with van der Waals surface area (Å²) in [7, 11) is 0. The molecule has 0 aliphatic carbocycles. The second kappa shape index (κ2) is 5.88. The van der Waals surface area contributed by atoms with Crippen molar-refractivity contribution in [2.45, 2.75) is 0 Å². The van der Waals surface area contributed by atoms with Crippen molar-refractivity contribution in [3.8, 4) is 5.82 Å². The average Bonchev–Trinajstić information content (AvgIpc) is 3.07. The highest BCUT2D eigenvalue weighted by molar-refractivity contribution is 6.02. The maximum absolute atomic E-state index is 12.1. The standard InChI is InChI=1S/C17H12N6O/c24-17(13-10-18-6-7-19-13)22-15-9-16(21-11-20-15)23-8-5-12-3-1-2-4-14(12)23/h1-11H,(H,20,21,22,24). The van der Waals surface area contributed by atoms with Crippen molar-refractivity contribution in [1.82, 2.24) is 24.5 Å². The van der Waals surface area contributed by atoms with E-state index < -0.39 is 0 Å². The molecule has 7 nitrogen and oxygen atoms in total. The molecule has 0 radical (unpaired) electrons. The number of amides is 1. The lowest BCUT2D eigenvalue weighted by Gasteiger charge is -2.07. The Balaban J connectivity index is 1.66. The van der Waals surface area contributed by atoms with Gasteiger partial charge in [-0.05, 0) is 17.5 Å². The summed E-state index contributed by atoms with van der Waals surface area (Å²) in [4.78, 5) is 28.4. The van der Waals surface area contributed by atoms with Crippen molar-refractivity contribution < 1.29 is 4.79 Å². The zero-order valence-corrected chi connectivity index (χ0v) is 12.5. The van der Waals surface area contributed by atoms with E-state index >= 15 is 0 Å². The molecule has 3 aromatic heterocycles. The van der Waals surface area contributed by atoms with Crippen LogP contribution >= 0.6 is 0 Å². The molecule has 4 aromatic rings. The number of fused-ring (bicyclic) bond motifs is 1. The molecule has 0 spiro atoms. The van der Waals surface area contributed by atoms with Gasteiger partial charge in [0, 0.05) is 24.7 Å². The summed E-state index contributed by atoms with van der Waals surface area (Å²) in [5, 5.41) is 3.82. The van der Waals surface area contributed by atoms with E-state index in [1.54, 1.807) is 6.07 Å². The molecule has 0 bridgehead atoms. The number of para-hydroxylation sites is 1. The quantitative estimate of drug-likeness (QED) is 0.627. The number of nitrogens with zero attached hydrogens (tertiary/aromatic N) is 5. The molecule has 0 aliphatic heterocycles. The van der Waals surface area contributed by atoms with E-state index in [0.29, 0.717) is 11.6 Å². The molecule has 3 heterocycles. The maximum Gasteiger partial charge on any atom is 0.277 e. The first-order chi connectivity index (χ1) is 11.8. The molecule has 4 rings (SSSR count). The molecule has 1 aromatic carbocycles. The van der Waals surface area contributed by atoms with Crippen LogP contribution in [0.1, 0.15) is 10.5 Å². The number of carbonyl (C=O) groups excluding carboxylic acids is 1. The van der Waals surface area contributed by atoms with Crippen molar-refractivity contribution in [2.75, 3.05) is 5.32 Å². The molecule has 0 saturated carbocycles. The van der Waals surface area contributed by atoms with Gasteiger partial charge in [-0.25, -0.2) is 15.0 Å². The number of carbonyl (C=O) groups is 1. The molecule has 1 amide bonds. The van der Waals surface area contributed by atoms with Crippen LogP contribution in [-0.4, -0.2) is 30.4 Å². The third-order valence-corrected chi connectivity index (χ3v) is 3.54. The molecule has 0 fully saturated rings. The van der Waals surface area contributed by atoms with Gasteiger partial charge in [-0.1, -0.05) is 18.2 Å². The minimum atomic E-state index is -0.370. The fourth-order valence-electron chi connectivity index (χ4n) is 2.43. The van der Waals surface area contributed by atoms with Crippen LogP contribution in [0.25, 0.3) is 16.7 Å². The third-order valence-electron chi connectivity index (χ3n) is 3.54. The normalized spacial score (nSPS) is 10.7. The summed E-state index contributed by atoms with van der Waals surface area (Å²) in [6.07, 6.45) is 7.72. The van der Waals surface area contributed by atoms with E-state index in [1.807, 2.05) is 41.1 Å². The van der Waals surface area contributed by atoms with Gasteiger partial charge in [0.25, 0.3) is 5.91 Å². The summed E-state index contributed by atoms with van der Waals surface area (Å²) < 4.78 is 1.94. The van der Waals surface area contributed by atoms with E-state index in [0.717, 1.165) is 10.9 Å². The van der Waals surface area contributed by atoms with Crippen LogP contribution < -0.4 is 5.32 Å². The van der Waals surface area contributed by atoms with Gasteiger partial charge in [0.2, 0.25) is 0 Å². The van der Waals surface area contributed by atoms with E-state index in [1.165, 1.54) is 24.9 Å². The van der Waals surface area contributed by atoms with E-state index in [-0.39, 0.29) is 11.6 Å². The Kier molecular flexibility index (Phi) is 3.43. The molecular weight excluding hydrogens is 304 g/mol. The molecule has 1 N–H and O–H groups in total. The molecular formula is C17H12N6O. The highest BCUT2D eigenvalue weighted by Crippen LogP contribution is 2.19. The molecule has 116 valence electrons. The van der Waals surface area contributed by atoms with Crippen molar-refractivity contribution in [3.05, 3.63) is 73.2 Å². The first-order valence-corrected chi connectivity index (χ1v) is 7.27. The van der Waals surface area contributed by atoms with Crippen molar-refractivity contribution in [3.63, 3.8) is 0 Å². The number of rotatable bonds is 3. The van der Waals surface area contributed by atoms with Crippen LogP contribution in [-0.2, 0) is 0 Å². The van der Waals surface area contributed by atoms with Crippen LogP contribution in [0.3, 0.4) is 0 Å². The minimum absolute atomic E-state index is 0.226. The van der Waals surface area contributed by atoms with Gasteiger partial charge < -0.3 is 9.88 Å². The van der Waals surface area contributed by atoms with E-state index in [2.05, 4.69) is 25.3 Å². The van der Waals surface area contributed by atoms with Gasteiger partial charge in [-0.2, -0.15) is 0 Å². The van der Waals surface area contributed by atoms with Gasteiger partial charge in [-0.3, -0.25) is 9.78 Å². The van der Waals surface area contributed by atoms with Gasteiger partial charge in [0.05, 0.1) is 11.7 Å². The first-order valence-electron chi connectivity index (χ1n) is 7.27. The summed E-state index contributed by atoms with van der Waals surface area (Å²) >= 11 is 0. The zero-order chi connectivity index (χ0) is 16.4. The zero-order valence-electron chi connectivity index (χ0n) is 12.5. The predicted octanol–water partition coefficient (Wildman–Crippen LogP) is 2.46. The topological polar surface area (TPSA) is 85.6 Å². The summed E-state index contributed by atoms with van der Waals surface area (Å²) in [5.74, 6) is 0.694. The fraction of sp³-hybridized carbons (Fsp3) is 0. The predicted molar refractivity (Wildman–Crippen MR) is 88.9 cm³/mol. The second-order valence-electron chi connectivity index (χ2n) is 5.05. The van der Waals surface area contributed by atoms with E-state index in [4.69, 9.17) is 0 Å². The van der Waals surface area contributed by atoms with Crippen LogP contribution in [0.5, 0.6) is 0 Å². The van der Waals surface area contributed by atoms with Gasteiger partial charge >= 0.3 is 0 Å². The van der Waals surface area contributed by atoms with Crippen LogP contribution in [0.15, 0.2) is 67.5 Å². The molecule has 0 saturated heterocycles. The monoisotopic (exact) mass is 316 g/mol. The highest BCUT2D eigenvalue weighted by atomic mass is 16.1. The largest absolute Gasteiger partial charge is 0.305 e. The summed E-state index contributed by atoms with van der Waals surface area (Å²) in [6, 6.07) is 11.7. The fourth-order valence-corrected chi connectivity index (χ4v) is 2.43. The van der Waals surface area contributed by atoms with Crippen molar-refractivity contribution in [2.24, 2.45) is 0 Å². The maximum atomic E-state index is 12.1. The summed E-state index contributed by atoms with van der Waals surface area (Å²) in [6.45, 7) is 0. The van der Waals surface area contributed by atoms with E-state index in [9.17, 15) is 4.79 Å². The smallest absolute Gasteiger partial charge is 0.277 e. The number of aromatic nitrogens is 5. The lowest BCUT2D eigenvalue weighted by molar-refractivity contribution is 0.102. The number of hydrogen-bond acceptors (Lipinski definition) is 5. The Bertz CT molecular complexity index is 1010. The lowest BCUT2D eigenvalue weighted by Crippen LogP contribution is -2.15. The molecule has 0 aliphatic rings. The Morgan fingerprint density at radius 3 is 2.83 bits per heavy atom. The van der Waals surface area contributed by atoms with Gasteiger partial charge in [-0.15, -0.1) is 0 Å². The van der Waals surface area contributed by atoms with Crippen molar-refractivity contribution >= 4 is 22.6 Å². The Morgan fingerprint density at radius 2 is 1.96 bits per heavy atom. The highest BCUT2D eigenvalue weighted by Gasteiger charge is 2.10. The van der Waals surface area contributed by atoms with Crippen molar-refractivity contribution in [1.29, 1.82) is 0 Å². The Hall–Kier alpha value is -3.61. The third kappa shape index (κ3) is 2.58. The Labute approximate surface area is 137 Å². The van der Waals surface area contributed by atoms with Gasteiger partial charge in [0.1, 0.15) is 23.7 Å². The molecule has 0 atom stereocenters. The van der Waals surface area contributed by atoms with Gasteiger partial charge in [0.15, 0.2) is 0 Å². The first kappa shape index (κ1) is 14.0. The summed E-state index contributed by atoms with van der Waals surface area (Å²) in [5.41, 5.74) is 1.26. The molecule has 7 heteroatoms. The number of nitrogens with one attached hydrogen (secondary N) is 1. The molecule has 0 unspecified atom stereocenters. The van der Waals surface area contributed by atoms with Crippen LogP contribution in [0.2, 0.25) is 0 Å². The Morgan fingerprint density at radius 1 is 1.04 bits per heavy atom. The van der Waals surface area contributed by atoms with Crippen LogP contribution in [0, 0.1) is 0 Å². The second-order valence-corrected chi connectivity index (χ2v) is 5.05. The van der Waals surface area contributed by atoms with Crippen LogP contribution in [0.4, 0.5) is 5.82 Å². The minimum Gasteiger partial charge on any atom is -0.305 e. The SMILES string of the molecule is O=C(Nc1cc(-n2ccc3ccccc32)ncn1)c1cnccn1. The average molecular weight is 316 g/mol. The number of benzene rings is 1. The molecule has 24 heavy (non-hydrogen) atoms. The lowest BCUT2D eigenvalue weighted by atomic mass is 10.2. The number of anilines is 1. The number of hydrogen-bond donors (Lipinski definition) is 1.